The van der Waals surface area contributed by atoms with Gasteiger partial charge in [-0.15, -0.1) is 0 Å². The summed E-state index contributed by atoms with van der Waals surface area (Å²) in [7, 11) is 0. The van der Waals surface area contributed by atoms with Crippen molar-refractivity contribution >= 4 is 34.2 Å². The van der Waals surface area contributed by atoms with E-state index in [0.717, 1.165) is 5.56 Å². The summed E-state index contributed by atoms with van der Waals surface area (Å²) in [6.45, 7) is 14.0. The van der Waals surface area contributed by atoms with Crippen LogP contribution in [0.15, 0.2) is 60.0 Å². The van der Waals surface area contributed by atoms with Crippen LogP contribution in [0.4, 0.5) is 10.1 Å². The van der Waals surface area contributed by atoms with Crippen LogP contribution in [0.25, 0.3) is 28.0 Å². The zero-order valence-electron chi connectivity index (χ0n) is 24.7. The lowest BCUT2D eigenvalue weighted by Crippen LogP contribution is -2.58. The molecule has 0 bridgehead atoms. The molecule has 3 aromatic heterocycles. The van der Waals surface area contributed by atoms with Crippen LogP contribution in [0.5, 0.6) is 0 Å². The number of nitrogens with zero attached hydrogens (tertiary/aromatic N) is 6. The van der Waals surface area contributed by atoms with Crippen molar-refractivity contribution in [3.8, 4) is 23.0 Å². The average Bonchev–Trinajstić information content (AvgIpc) is 2.98. The fourth-order valence-electron chi connectivity index (χ4n) is 5.86. The number of halogens is 2. The van der Waals surface area contributed by atoms with Gasteiger partial charge in [-0.3, -0.25) is 19.1 Å². The number of aromatic nitrogens is 3. The molecule has 43 heavy (non-hydrogen) atoms. The minimum Gasteiger partial charge on any atom is -0.363 e. The van der Waals surface area contributed by atoms with Gasteiger partial charge >= 0.3 is 0 Å². The summed E-state index contributed by atoms with van der Waals surface area (Å²) in [6.07, 6.45) is 2.97. The summed E-state index contributed by atoms with van der Waals surface area (Å²) in [4.78, 5) is 40.1. The average molecular weight is 599 g/mol. The molecule has 5 rings (SSSR count). The molecule has 1 aliphatic rings. The van der Waals surface area contributed by atoms with Crippen molar-refractivity contribution < 1.29 is 9.18 Å². The summed E-state index contributed by atoms with van der Waals surface area (Å²) in [5.41, 5.74) is 2.26. The van der Waals surface area contributed by atoms with Crippen LogP contribution in [0.3, 0.4) is 0 Å². The number of nitriles is 1. The zero-order chi connectivity index (χ0) is 31.2. The molecule has 1 saturated heterocycles. The molecule has 2 unspecified atom stereocenters. The third kappa shape index (κ3) is 5.06. The number of benzene rings is 1. The molecule has 2 atom stereocenters. The number of hydrogen-bond donors (Lipinski definition) is 0. The van der Waals surface area contributed by atoms with Crippen LogP contribution in [0.1, 0.15) is 50.4 Å². The number of carbonyl (C=O) groups excluding carboxylic acids is 1. The lowest BCUT2D eigenvalue weighted by atomic mass is 10.0. The molecule has 0 N–H and O–H groups in total. The van der Waals surface area contributed by atoms with Crippen LogP contribution in [-0.2, 0) is 4.79 Å². The second-order valence-corrected chi connectivity index (χ2v) is 11.6. The van der Waals surface area contributed by atoms with Crippen LogP contribution in [-0.4, -0.2) is 50.5 Å². The number of anilines is 1. The van der Waals surface area contributed by atoms with E-state index in [1.54, 1.807) is 41.4 Å². The SMILES string of the molecule is C=CC(=O)N1CC(C)N(c2c(C#N)c(=O)n(-c3c(C)ccnc3C(C)C)c3nc(-c4ccccc4F)c(Cl)cc23)CC1C. The summed E-state index contributed by atoms with van der Waals surface area (Å²) in [5.74, 6) is -0.756. The Morgan fingerprint density at radius 2 is 1.91 bits per heavy atom. The molecule has 4 aromatic rings. The summed E-state index contributed by atoms with van der Waals surface area (Å²) >= 11 is 6.82. The second kappa shape index (κ2) is 11.6. The molecule has 8 nitrogen and oxygen atoms in total. The number of piperazine rings is 1. The van der Waals surface area contributed by atoms with E-state index in [2.05, 4.69) is 17.6 Å². The molecule has 220 valence electrons. The van der Waals surface area contributed by atoms with E-state index >= 15 is 4.39 Å². The van der Waals surface area contributed by atoms with Crippen molar-refractivity contribution in [2.75, 3.05) is 18.0 Å². The maximum Gasteiger partial charge on any atom is 0.276 e. The van der Waals surface area contributed by atoms with E-state index in [1.165, 1.54) is 16.7 Å². The van der Waals surface area contributed by atoms with Gasteiger partial charge in [0, 0.05) is 42.3 Å². The van der Waals surface area contributed by atoms with E-state index in [4.69, 9.17) is 16.6 Å². The Balaban J connectivity index is 1.91. The standard InChI is InChI=1S/C33H32ClFN6O2/c1-7-27(42)39-16-21(6)40(17-20(39)5)31-23-14-25(34)29(22-10-8-9-11-26(22)35)38-32(23)41(33(43)24(31)15-36)30-19(4)12-13-37-28(30)18(2)3/h7-14,18,20-21H,1,16-17H2,2-6H3. The minimum absolute atomic E-state index is 0.0586. The molecule has 1 aliphatic heterocycles. The monoisotopic (exact) mass is 598 g/mol. The highest BCUT2D eigenvalue weighted by Gasteiger charge is 2.35. The summed E-state index contributed by atoms with van der Waals surface area (Å²) in [6, 6.07) is 11.3. The van der Waals surface area contributed by atoms with Gasteiger partial charge in [0.05, 0.1) is 27.8 Å². The zero-order valence-corrected chi connectivity index (χ0v) is 25.5. The molecule has 0 spiro atoms. The number of hydrogen-bond acceptors (Lipinski definition) is 6. The van der Waals surface area contributed by atoms with E-state index in [-0.39, 0.29) is 51.4 Å². The number of aryl methyl sites for hydroxylation is 1. The Bertz CT molecular complexity index is 1880. The Labute approximate surface area is 254 Å². The lowest BCUT2D eigenvalue weighted by Gasteiger charge is -2.45. The third-order valence-corrected chi connectivity index (χ3v) is 8.26. The molecule has 0 radical (unpaired) electrons. The highest BCUT2D eigenvalue weighted by atomic mass is 35.5. The number of carbonyl (C=O) groups is 1. The van der Waals surface area contributed by atoms with Crippen LogP contribution in [0, 0.1) is 24.1 Å². The second-order valence-electron chi connectivity index (χ2n) is 11.2. The fraction of sp³-hybridized carbons (Fsp3) is 0.303. The van der Waals surface area contributed by atoms with Crippen molar-refractivity contribution in [3.63, 3.8) is 0 Å². The van der Waals surface area contributed by atoms with Crippen molar-refractivity contribution in [2.45, 2.75) is 52.6 Å². The van der Waals surface area contributed by atoms with Gasteiger partial charge in [-0.2, -0.15) is 5.26 Å². The lowest BCUT2D eigenvalue weighted by molar-refractivity contribution is -0.128. The Kier molecular flexibility index (Phi) is 8.08. The first-order valence-electron chi connectivity index (χ1n) is 14.1. The van der Waals surface area contributed by atoms with Crippen LogP contribution < -0.4 is 10.5 Å². The first-order chi connectivity index (χ1) is 20.5. The molecule has 1 fully saturated rings. The fourth-order valence-corrected chi connectivity index (χ4v) is 6.12. The van der Waals surface area contributed by atoms with Gasteiger partial charge < -0.3 is 9.80 Å². The van der Waals surface area contributed by atoms with Crippen molar-refractivity contribution in [1.82, 2.24) is 19.4 Å². The number of fused-ring (bicyclic) bond motifs is 1. The van der Waals surface area contributed by atoms with Crippen LogP contribution in [0.2, 0.25) is 5.02 Å². The van der Waals surface area contributed by atoms with Gasteiger partial charge in [0.1, 0.15) is 23.1 Å². The van der Waals surface area contributed by atoms with Crippen molar-refractivity contribution in [3.05, 3.63) is 93.3 Å². The molecule has 1 aromatic carbocycles. The summed E-state index contributed by atoms with van der Waals surface area (Å²) < 4.78 is 16.5. The van der Waals surface area contributed by atoms with Gasteiger partial charge in [0.2, 0.25) is 5.91 Å². The topological polar surface area (TPSA) is 95.1 Å². The molecule has 0 aliphatic carbocycles. The van der Waals surface area contributed by atoms with Crippen LogP contribution >= 0.6 is 11.6 Å². The highest BCUT2D eigenvalue weighted by Crippen LogP contribution is 2.39. The maximum absolute atomic E-state index is 15.0. The first kappa shape index (κ1) is 29.9. The normalized spacial score (nSPS) is 16.9. The Morgan fingerprint density at radius 3 is 2.56 bits per heavy atom. The minimum atomic E-state index is -0.568. The van der Waals surface area contributed by atoms with E-state index in [9.17, 15) is 14.9 Å². The van der Waals surface area contributed by atoms with Gasteiger partial charge in [0.15, 0.2) is 0 Å². The Morgan fingerprint density at radius 1 is 1.19 bits per heavy atom. The van der Waals surface area contributed by atoms with Gasteiger partial charge in [-0.1, -0.05) is 44.2 Å². The maximum atomic E-state index is 15.0. The number of rotatable bonds is 5. The van der Waals surface area contributed by atoms with Gasteiger partial charge in [-0.25, -0.2) is 9.37 Å². The van der Waals surface area contributed by atoms with E-state index in [0.29, 0.717) is 35.5 Å². The smallest absolute Gasteiger partial charge is 0.276 e. The van der Waals surface area contributed by atoms with Crippen molar-refractivity contribution in [2.24, 2.45) is 0 Å². The number of amides is 1. The molecule has 1 amide bonds. The molecule has 4 heterocycles. The van der Waals surface area contributed by atoms with Crippen molar-refractivity contribution in [1.29, 1.82) is 5.26 Å². The predicted octanol–water partition coefficient (Wildman–Crippen LogP) is 6.16. The molecule has 0 saturated carbocycles. The van der Waals surface area contributed by atoms with E-state index < -0.39 is 11.4 Å². The first-order valence-corrected chi connectivity index (χ1v) is 14.5. The third-order valence-electron chi connectivity index (χ3n) is 7.97. The Hall–Kier alpha value is -4.55. The van der Waals surface area contributed by atoms with Gasteiger partial charge in [0.25, 0.3) is 5.56 Å². The number of pyridine rings is 3. The van der Waals surface area contributed by atoms with Gasteiger partial charge in [-0.05, 0) is 62.6 Å². The largest absolute Gasteiger partial charge is 0.363 e. The molecule has 10 heteroatoms. The van der Waals surface area contributed by atoms with E-state index in [1.807, 2.05) is 39.5 Å². The highest BCUT2D eigenvalue weighted by molar-refractivity contribution is 6.34. The summed E-state index contributed by atoms with van der Waals surface area (Å²) in [5, 5.41) is 11.1. The quantitative estimate of drug-likeness (QED) is 0.256. The molecular formula is C33H32ClFN6O2. The predicted molar refractivity (Wildman–Crippen MR) is 167 cm³/mol. The molecular weight excluding hydrogens is 567 g/mol.